The highest BCUT2D eigenvalue weighted by atomic mass is 127. The van der Waals surface area contributed by atoms with Crippen molar-refractivity contribution in [2.75, 3.05) is 5.32 Å². The number of benzene rings is 2. The molecule has 0 fully saturated rings. The van der Waals surface area contributed by atoms with Crippen LogP contribution in [0.3, 0.4) is 0 Å². The van der Waals surface area contributed by atoms with E-state index in [1.807, 2.05) is 48.5 Å². The number of hydrogen-bond donors (Lipinski definition) is 1. The van der Waals surface area contributed by atoms with Crippen LogP contribution in [-0.2, 0) is 0 Å². The Bertz CT molecular complexity index is 757. The van der Waals surface area contributed by atoms with Crippen LogP contribution in [0.15, 0.2) is 54.7 Å². The topological polar surface area (TPSA) is 54.9 Å². The van der Waals surface area contributed by atoms with Gasteiger partial charge >= 0.3 is 0 Å². The quantitative estimate of drug-likeness (QED) is 0.667. The summed E-state index contributed by atoms with van der Waals surface area (Å²) in [6, 6.07) is 15.1. The second-order valence-corrected chi connectivity index (χ2v) is 6.24. The highest BCUT2D eigenvalue weighted by Gasteiger charge is 2.09. The molecular formula is C15H10IN3OS. The molecule has 4 nitrogen and oxygen atoms in total. The first-order valence-electron chi connectivity index (χ1n) is 6.18. The number of halogens is 1. The van der Waals surface area contributed by atoms with Gasteiger partial charge in [-0.15, -0.1) is 5.10 Å². The van der Waals surface area contributed by atoms with E-state index in [0.29, 0.717) is 5.56 Å². The number of carbonyl (C=O) groups is 1. The summed E-state index contributed by atoms with van der Waals surface area (Å²) in [6.45, 7) is 0. The summed E-state index contributed by atoms with van der Waals surface area (Å²) in [7, 11) is 0. The van der Waals surface area contributed by atoms with E-state index >= 15 is 0 Å². The number of nitrogens with zero attached hydrogens (tertiary/aromatic N) is 2. The SMILES string of the molecule is O=C(Nc1ccc(-c2cnns2)cc1)c1ccccc1I. The van der Waals surface area contributed by atoms with Crippen LogP contribution in [0.1, 0.15) is 10.4 Å². The monoisotopic (exact) mass is 407 g/mol. The number of hydrogen-bond acceptors (Lipinski definition) is 4. The van der Waals surface area contributed by atoms with Gasteiger partial charge in [-0.25, -0.2) is 0 Å². The summed E-state index contributed by atoms with van der Waals surface area (Å²) in [6.07, 6.45) is 1.73. The zero-order valence-corrected chi connectivity index (χ0v) is 13.8. The fourth-order valence-electron chi connectivity index (χ4n) is 1.86. The minimum atomic E-state index is -0.104. The largest absolute Gasteiger partial charge is 0.322 e. The Morgan fingerprint density at radius 1 is 1.10 bits per heavy atom. The maximum absolute atomic E-state index is 12.2. The van der Waals surface area contributed by atoms with Crippen molar-refractivity contribution in [2.24, 2.45) is 0 Å². The molecule has 0 aliphatic rings. The van der Waals surface area contributed by atoms with E-state index in [9.17, 15) is 4.79 Å². The molecule has 0 aliphatic carbocycles. The maximum atomic E-state index is 12.2. The summed E-state index contributed by atoms with van der Waals surface area (Å²) < 4.78 is 4.77. The number of rotatable bonds is 3. The molecule has 2 aromatic carbocycles. The van der Waals surface area contributed by atoms with Crippen LogP contribution in [0.4, 0.5) is 5.69 Å². The summed E-state index contributed by atoms with van der Waals surface area (Å²) in [4.78, 5) is 13.2. The minimum Gasteiger partial charge on any atom is -0.322 e. The molecule has 1 amide bonds. The molecule has 1 N–H and O–H groups in total. The van der Waals surface area contributed by atoms with Crippen molar-refractivity contribution in [1.82, 2.24) is 9.59 Å². The molecule has 0 radical (unpaired) electrons. The fourth-order valence-corrected chi connectivity index (χ4v) is 3.01. The van der Waals surface area contributed by atoms with Crippen LogP contribution >= 0.6 is 34.1 Å². The number of nitrogens with one attached hydrogen (secondary N) is 1. The average Bonchev–Trinajstić information content (AvgIpc) is 3.02. The van der Waals surface area contributed by atoms with Crippen LogP contribution in [0.25, 0.3) is 10.4 Å². The van der Waals surface area contributed by atoms with E-state index in [-0.39, 0.29) is 5.91 Å². The smallest absolute Gasteiger partial charge is 0.256 e. The predicted octanol–water partition coefficient (Wildman–Crippen LogP) is 4.06. The predicted molar refractivity (Wildman–Crippen MR) is 92.5 cm³/mol. The number of aromatic nitrogens is 2. The van der Waals surface area contributed by atoms with E-state index in [4.69, 9.17) is 0 Å². The van der Waals surface area contributed by atoms with E-state index in [1.165, 1.54) is 11.5 Å². The molecule has 6 heteroatoms. The zero-order valence-electron chi connectivity index (χ0n) is 10.8. The molecule has 1 heterocycles. The lowest BCUT2D eigenvalue weighted by Crippen LogP contribution is -2.13. The summed E-state index contributed by atoms with van der Waals surface area (Å²) >= 11 is 3.50. The van der Waals surface area contributed by atoms with Gasteiger partial charge in [0.25, 0.3) is 5.91 Å². The first-order valence-corrected chi connectivity index (χ1v) is 8.03. The minimum absolute atomic E-state index is 0.104. The Balaban J connectivity index is 1.77. The van der Waals surface area contributed by atoms with Crippen LogP contribution in [0.5, 0.6) is 0 Å². The van der Waals surface area contributed by atoms with Crippen LogP contribution < -0.4 is 5.32 Å². The lowest BCUT2D eigenvalue weighted by molar-refractivity contribution is 0.102. The van der Waals surface area contributed by atoms with Crippen molar-refractivity contribution in [2.45, 2.75) is 0 Å². The van der Waals surface area contributed by atoms with Gasteiger partial charge in [-0.05, 0) is 64.0 Å². The van der Waals surface area contributed by atoms with E-state index in [0.717, 1.165) is 19.7 Å². The van der Waals surface area contributed by atoms with Crippen LogP contribution in [0, 0.1) is 3.57 Å². The molecule has 3 aromatic rings. The standard InChI is InChI=1S/C15H10IN3OS/c16-13-4-2-1-3-12(13)15(20)18-11-7-5-10(6-8-11)14-9-17-19-21-14/h1-9H,(H,18,20). The molecule has 0 unspecified atom stereocenters. The molecule has 1 aromatic heterocycles. The summed E-state index contributed by atoms with van der Waals surface area (Å²) in [5.41, 5.74) is 2.48. The van der Waals surface area contributed by atoms with Gasteiger partial charge in [0.05, 0.1) is 16.6 Å². The zero-order chi connectivity index (χ0) is 14.7. The fraction of sp³-hybridized carbons (Fsp3) is 0. The molecule has 3 rings (SSSR count). The molecule has 21 heavy (non-hydrogen) atoms. The third kappa shape index (κ3) is 3.27. The van der Waals surface area contributed by atoms with Crippen molar-refractivity contribution in [3.63, 3.8) is 0 Å². The maximum Gasteiger partial charge on any atom is 0.256 e. The van der Waals surface area contributed by atoms with Gasteiger partial charge in [0.2, 0.25) is 0 Å². The van der Waals surface area contributed by atoms with Gasteiger partial charge in [-0.1, -0.05) is 28.8 Å². The molecule has 0 spiro atoms. The Morgan fingerprint density at radius 3 is 2.52 bits per heavy atom. The van der Waals surface area contributed by atoms with E-state index in [1.54, 1.807) is 6.20 Å². The van der Waals surface area contributed by atoms with Crippen molar-refractivity contribution in [3.05, 3.63) is 63.9 Å². The molecule has 0 atom stereocenters. The van der Waals surface area contributed by atoms with Crippen molar-refractivity contribution in [1.29, 1.82) is 0 Å². The Morgan fingerprint density at radius 2 is 1.86 bits per heavy atom. The summed E-state index contributed by atoms with van der Waals surface area (Å²) in [5.74, 6) is -0.104. The van der Waals surface area contributed by atoms with Crippen molar-refractivity contribution >= 4 is 45.7 Å². The van der Waals surface area contributed by atoms with Gasteiger partial charge < -0.3 is 5.32 Å². The average molecular weight is 407 g/mol. The second kappa shape index (κ2) is 6.31. The molecule has 0 saturated carbocycles. The highest BCUT2D eigenvalue weighted by molar-refractivity contribution is 14.1. The number of carbonyl (C=O) groups excluding carboxylic acids is 1. The Kier molecular flexibility index (Phi) is 4.26. The second-order valence-electron chi connectivity index (χ2n) is 4.29. The van der Waals surface area contributed by atoms with Gasteiger partial charge in [0, 0.05) is 9.26 Å². The molecule has 0 bridgehead atoms. The third-order valence-electron chi connectivity index (χ3n) is 2.91. The Hall–Kier alpha value is -1.80. The lowest BCUT2D eigenvalue weighted by atomic mass is 10.1. The Labute approximate surface area is 139 Å². The number of anilines is 1. The molecular weight excluding hydrogens is 397 g/mol. The first-order chi connectivity index (χ1) is 10.2. The molecule has 104 valence electrons. The van der Waals surface area contributed by atoms with E-state index < -0.39 is 0 Å². The van der Waals surface area contributed by atoms with Gasteiger partial charge in [-0.2, -0.15) is 0 Å². The van der Waals surface area contributed by atoms with Gasteiger partial charge in [-0.3, -0.25) is 4.79 Å². The first kappa shape index (κ1) is 14.2. The normalized spacial score (nSPS) is 10.3. The molecule has 0 aliphatic heterocycles. The van der Waals surface area contributed by atoms with Crippen molar-refractivity contribution in [3.8, 4) is 10.4 Å². The highest BCUT2D eigenvalue weighted by Crippen LogP contribution is 2.23. The third-order valence-corrected chi connectivity index (χ3v) is 4.56. The lowest BCUT2D eigenvalue weighted by Gasteiger charge is -2.07. The van der Waals surface area contributed by atoms with Crippen molar-refractivity contribution < 1.29 is 4.79 Å². The molecule has 0 saturated heterocycles. The van der Waals surface area contributed by atoms with Crippen LogP contribution in [-0.4, -0.2) is 15.5 Å². The number of amides is 1. The summed E-state index contributed by atoms with van der Waals surface area (Å²) in [5, 5.41) is 6.72. The van der Waals surface area contributed by atoms with E-state index in [2.05, 4.69) is 37.5 Å². The van der Waals surface area contributed by atoms with Gasteiger partial charge in [0.15, 0.2) is 0 Å². The van der Waals surface area contributed by atoms with Crippen LogP contribution in [0.2, 0.25) is 0 Å². The van der Waals surface area contributed by atoms with Gasteiger partial charge in [0.1, 0.15) is 0 Å².